The van der Waals surface area contributed by atoms with E-state index in [1.54, 1.807) is 0 Å². The van der Waals surface area contributed by atoms with Crippen molar-refractivity contribution in [3.63, 3.8) is 0 Å². The fourth-order valence-electron chi connectivity index (χ4n) is 2.40. The van der Waals surface area contributed by atoms with Gasteiger partial charge in [-0.15, -0.1) is 0 Å². The molecule has 0 aromatic rings. The Kier molecular flexibility index (Phi) is 0.572. The van der Waals surface area contributed by atoms with Gasteiger partial charge >= 0.3 is 0 Å². The second-order valence-electron chi connectivity index (χ2n) is 3.39. The maximum Gasteiger partial charge on any atom is 0.145 e. The van der Waals surface area contributed by atoms with E-state index in [1.807, 2.05) is 0 Å². The Hall–Kier alpha value is -0.460. The second kappa shape index (κ2) is 1.18. The molecule has 3 rings (SSSR count). The van der Waals surface area contributed by atoms with Crippen LogP contribution in [-0.2, 0) is 4.74 Å². The number of ether oxygens (including phenoxy) is 1. The SMILES string of the molecule is C1CC2CC3=C(O3)C2C1. The minimum Gasteiger partial charge on any atom is -0.459 e. The number of fused-ring (bicyclic) bond motifs is 2. The molecule has 0 aromatic carbocycles. The molecular weight excluding hydrogens is 112 g/mol. The molecule has 1 aliphatic heterocycles. The van der Waals surface area contributed by atoms with Gasteiger partial charge in [0.1, 0.15) is 11.5 Å². The molecule has 0 aromatic heterocycles. The quantitative estimate of drug-likeness (QED) is 0.479. The van der Waals surface area contributed by atoms with Gasteiger partial charge in [-0.05, 0) is 18.8 Å². The van der Waals surface area contributed by atoms with Crippen LogP contribution in [-0.4, -0.2) is 0 Å². The van der Waals surface area contributed by atoms with Crippen LogP contribution in [0, 0.1) is 11.8 Å². The molecule has 2 atom stereocenters. The van der Waals surface area contributed by atoms with Crippen molar-refractivity contribution in [2.24, 2.45) is 11.8 Å². The summed E-state index contributed by atoms with van der Waals surface area (Å²) in [4.78, 5) is 0. The lowest BCUT2D eigenvalue weighted by molar-refractivity contribution is 0.295. The molecule has 0 bridgehead atoms. The number of rotatable bonds is 0. The molecule has 0 N–H and O–H groups in total. The molecule has 0 spiro atoms. The van der Waals surface area contributed by atoms with Crippen LogP contribution in [0.15, 0.2) is 11.5 Å². The Balaban J connectivity index is 1.96. The molecule has 48 valence electrons. The molecule has 2 aliphatic carbocycles. The standard InChI is InChI=1S/C8H10O/c1-2-5-4-7-8(9-7)6(5)3-1/h5-6H,1-4H2. The largest absolute Gasteiger partial charge is 0.459 e. The van der Waals surface area contributed by atoms with Gasteiger partial charge in [0.2, 0.25) is 0 Å². The molecule has 1 heteroatoms. The smallest absolute Gasteiger partial charge is 0.145 e. The van der Waals surface area contributed by atoms with E-state index in [1.165, 1.54) is 37.2 Å². The Morgan fingerprint density at radius 1 is 1.33 bits per heavy atom. The van der Waals surface area contributed by atoms with Gasteiger partial charge in [0.25, 0.3) is 0 Å². The summed E-state index contributed by atoms with van der Waals surface area (Å²) in [5, 5.41) is 0. The first-order valence-corrected chi connectivity index (χ1v) is 3.86. The van der Waals surface area contributed by atoms with Crippen molar-refractivity contribution in [2.75, 3.05) is 0 Å². The van der Waals surface area contributed by atoms with Gasteiger partial charge in [0.05, 0.1) is 0 Å². The van der Waals surface area contributed by atoms with Crippen LogP contribution in [0.4, 0.5) is 0 Å². The third kappa shape index (κ3) is 0.418. The van der Waals surface area contributed by atoms with E-state index in [0.717, 1.165) is 11.8 Å². The van der Waals surface area contributed by atoms with Crippen LogP contribution in [0.3, 0.4) is 0 Å². The van der Waals surface area contributed by atoms with Crippen LogP contribution in [0.5, 0.6) is 0 Å². The van der Waals surface area contributed by atoms with Gasteiger partial charge in [-0.1, -0.05) is 6.42 Å². The average molecular weight is 122 g/mol. The van der Waals surface area contributed by atoms with Crippen molar-refractivity contribution in [1.29, 1.82) is 0 Å². The summed E-state index contributed by atoms with van der Waals surface area (Å²) in [6.45, 7) is 0. The summed E-state index contributed by atoms with van der Waals surface area (Å²) in [5.74, 6) is 4.62. The van der Waals surface area contributed by atoms with Crippen LogP contribution >= 0.6 is 0 Å². The first-order chi connectivity index (χ1) is 4.45. The van der Waals surface area contributed by atoms with E-state index >= 15 is 0 Å². The van der Waals surface area contributed by atoms with Crippen LogP contribution in [0.2, 0.25) is 0 Å². The summed E-state index contributed by atoms with van der Waals surface area (Å²) in [6, 6.07) is 0. The van der Waals surface area contributed by atoms with Gasteiger partial charge in [0, 0.05) is 12.3 Å². The maximum absolute atomic E-state index is 5.30. The molecule has 3 aliphatic rings. The summed E-state index contributed by atoms with van der Waals surface area (Å²) in [7, 11) is 0. The highest BCUT2D eigenvalue weighted by Crippen LogP contribution is 2.55. The van der Waals surface area contributed by atoms with Gasteiger partial charge in [-0.3, -0.25) is 0 Å². The minimum atomic E-state index is 0.875. The Morgan fingerprint density at radius 3 is 3.22 bits per heavy atom. The molecular formula is C8H10O. The topological polar surface area (TPSA) is 12.5 Å². The van der Waals surface area contributed by atoms with E-state index in [2.05, 4.69) is 0 Å². The van der Waals surface area contributed by atoms with Crippen LogP contribution in [0.1, 0.15) is 25.7 Å². The van der Waals surface area contributed by atoms with Crippen molar-refractivity contribution < 1.29 is 4.74 Å². The van der Waals surface area contributed by atoms with Crippen molar-refractivity contribution in [2.45, 2.75) is 25.7 Å². The molecule has 1 fully saturated rings. The van der Waals surface area contributed by atoms with E-state index in [9.17, 15) is 0 Å². The summed E-state index contributed by atoms with van der Waals surface area (Å²) in [5.41, 5.74) is 0. The lowest BCUT2D eigenvalue weighted by Crippen LogP contribution is -2.03. The van der Waals surface area contributed by atoms with E-state index in [4.69, 9.17) is 4.74 Å². The summed E-state index contributed by atoms with van der Waals surface area (Å²) >= 11 is 0. The van der Waals surface area contributed by atoms with Gasteiger partial charge in [0.15, 0.2) is 0 Å². The average Bonchev–Trinajstić information content (AvgIpc) is 2.38. The zero-order valence-electron chi connectivity index (χ0n) is 5.39. The molecule has 0 radical (unpaired) electrons. The van der Waals surface area contributed by atoms with Crippen molar-refractivity contribution in [3.8, 4) is 0 Å². The highest BCUT2D eigenvalue weighted by Gasteiger charge is 2.47. The maximum atomic E-state index is 5.30. The van der Waals surface area contributed by atoms with E-state index in [-0.39, 0.29) is 0 Å². The zero-order valence-corrected chi connectivity index (χ0v) is 5.39. The van der Waals surface area contributed by atoms with Crippen molar-refractivity contribution in [3.05, 3.63) is 11.5 Å². The number of allylic oxidation sites excluding steroid dienone is 2. The van der Waals surface area contributed by atoms with Crippen LogP contribution in [0.25, 0.3) is 0 Å². The molecule has 1 nitrogen and oxygen atoms in total. The molecule has 0 amide bonds. The molecule has 2 unspecified atom stereocenters. The van der Waals surface area contributed by atoms with Gasteiger partial charge < -0.3 is 4.74 Å². The van der Waals surface area contributed by atoms with E-state index < -0.39 is 0 Å². The monoisotopic (exact) mass is 122 g/mol. The van der Waals surface area contributed by atoms with Crippen LogP contribution < -0.4 is 0 Å². The molecule has 9 heavy (non-hydrogen) atoms. The third-order valence-corrected chi connectivity index (χ3v) is 2.91. The number of hydrogen-bond donors (Lipinski definition) is 0. The number of hydrogen-bond acceptors (Lipinski definition) is 1. The lowest BCUT2D eigenvalue weighted by atomic mass is 9.98. The highest BCUT2D eigenvalue weighted by molar-refractivity contribution is 5.29. The van der Waals surface area contributed by atoms with Gasteiger partial charge in [-0.25, -0.2) is 0 Å². The molecule has 0 saturated heterocycles. The predicted molar refractivity (Wildman–Crippen MR) is 33.6 cm³/mol. The Labute approximate surface area is 54.7 Å². The van der Waals surface area contributed by atoms with Crippen molar-refractivity contribution >= 4 is 0 Å². The fraction of sp³-hybridized carbons (Fsp3) is 0.750. The summed E-state index contributed by atoms with van der Waals surface area (Å²) in [6.07, 6.45) is 5.58. The Bertz CT molecular complexity index is 193. The predicted octanol–water partition coefficient (Wildman–Crippen LogP) is 2.05. The fourth-order valence-corrected chi connectivity index (χ4v) is 2.40. The Morgan fingerprint density at radius 2 is 2.33 bits per heavy atom. The lowest BCUT2D eigenvalue weighted by Gasteiger charge is -2.10. The first-order valence-electron chi connectivity index (χ1n) is 3.86. The molecule has 1 heterocycles. The van der Waals surface area contributed by atoms with Gasteiger partial charge in [-0.2, -0.15) is 0 Å². The highest BCUT2D eigenvalue weighted by atomic mass is 16.6. The first kappa shape index (κ1) is 4.37. The zero-order chi connectivity index (χ0) is 5.84. The molecule has 1 saturated carbocycles. The normalized spacial score (nSPS) is 44.4. The van der Waals surface area contributed by atoms with Crippen molar-refractivity contribution in [1.82, 2.24) is 0 Å². The summed E-state index contributed by atoms with van der Waals surface area (Å²) < 4.78 is 5.30. The third-order valence-electron chi connectivity index (χ3n) is 2.91. The van der Waals surface area contributed by atoms with E-state index in [0.29, 0.717) is 0 Å². The minimum absolute atomic E-state index is 0.875. The second-order valence-corrected chi connectivity index (χ2v) is 3.39.